The Morgan fingerprint density at radius 1 is 0.821 bits per heavy atom. The molecule has 0 spiro atoms. The Morgan fingerprint density at radius 2 is 1.46 bits per heavy atom. The first-order chi connectivity index (χ1) is 13.5. The Bertz CT molecular complexity index is 1000. The lowest BCUT2D eigenvalue weighted by Gasteiger charge is -2.09. The Balaban J connectivity index is 1.60. The fraction of sp³-hybridized carbons (Fsp3) is 0.0476. The topological polar surface area (TPSA) is 114 Å². The fourth-order valence-corrected chi connectivity index (χ4v) is 2.54. The molecule has 0 aliphatic carbocycles. The zero-order valence-corrected chi connectivity index (χ0v) is 14.9. The standard InChI is InChI=1S/C21H18N4O3/c22-19(26)15-4-6-16(7-5-15)20(27)24-13-14-2-1-3-18(12-14)25-21(28)17-8-10-23-11-9-17/h1-12H,13H2,(H2,22,26)(H,24,27)(H,25,28). The van der Waals surface area contributed by atoms with Crippen molar-refractivity contribution in [1.82, 2.24) is 10.3 Å². The number of pyridine rings is 1. The smallest absolute Gasteiger partial charge is 0.255 e. The van der Waals surface area contributed by atoms with Gasteiger partial charge in [0, 0.05) is 41.3 Å². The maximum Gasteiger partial charge on any atom is 0.255 e. The minimum Gasteiger partial charge on any atom is -0.366 e. The third kappa shape index (κ3) is 4.79. The lowest BCUT2D eigenvalue weighted by Crippen LogP contribution is -2.23. The molecule has 3 aromatic rings. The van der Waals surface area contributed by atoms with E-state index in [0.717, 1.165) is 5.56 Å². The van der Waals surface area contributed by atoms with Crippen LogP contribution in [-0.4, -0.2) is 22.7 Å². The van der Waals surface area contributed by atoms with Gasteiger partial charge in [-0.05, 0) is 54.1 Å². The molecule has 0 saturated heterocycles. The molecular weight excluding hydrogens is 356 g/mol. The van der Waals surface area contributed by atoms with E-state index in [9.17, 15) is 14.4 Å². The summed E-state index contributed by atoms with van der Waals surface area (Å²) in [4.78, 5) is 39.4. The van der Waals surface area contributed by atoms with Crippen LogP contribution < -0.4 is 16.4 Å². The molecule has 0 aliphatic heterocycles. The highest BCUT2D eigenvalue weighted by Gasteiger charge is 2.08. The van der Waals surface area contributed by atoms with Crippen LogP contribution in [0.3, 0.4) is 0 Å². The van der Waals surface area contributed by atoms with Crippen LogP contribution in [0, 0.1) is 0 Å². The summed E-state index contributed by atoms with van der Waals surface area (Å²) in [7, 11) is 0. The van der Waals surface area contributed by atoms with Gasteiger partial charge in [0.2, 0.25) is 5.91 Å². The van der Waals surface area contributed by atoms with Crippen LogP contribution in [0.4, 0.5) is 5.69 Å². The van der Waals surface area contributed by atoms with Gasteiger partial charge in [0.15, 0.2) is 0 Å². The third-order valence-electron chi connectivity index (χ3n) is 4.01. The van der Waals surface area contributed by atoms with Crippen LogP contribution in [0.2, 0.25) is 0 Å². The summed E-state index contributed by atoms with van der Waals surface area (Å²) in [5.41, 5.74) is 7.91. The van der Waals surface area contributed by atoms with Gasteiger partial charge < -0.3 is 16.4 Å². The van der Waals surface area contributed by atoms with Gasteiger partial charge in [0.1, 0.15) is 0 Å². The molecule has 0 atom stereocenters. The third-order valence-corrected chi connectivity index (χ3v) is 4.01. The molecule has 0 fully saturated rings. The Kier molecular flexibility index (Phi) is 5.76. The lowest BCUT2D eigenvalue weighted by molar-refractivity contribution is 0.0947. The van der Waals surface area contributed by atoms with Crippen molar-refractivity contribution in [2.24, 2.45) is 5.73 Å². The molecule has 2 aromatic carbocycles. The zero-order valence-electron chi connectivity index (χ0n) is 14.9. The summed E-state index contributed by atoms with van der Waals surface area (Å²) in [5, 5.41) is 5.61. The summed E-state index contributed by atoms with van der Waals surface area (Å²) in [5.74, 6) is -1.06. The lowest BCUT2D eigenvalue weighted by atomic mass is 10.1. The number of nitrogens with two attached hydrogens (primary N) is 1. The average molecular weight is 374 g/mol. The van der Waals surface area contributed by atoms with Crippen molar-refractivity contribution in [3.05, 3.63) is 95.3 Å². The second-order valence-corrected chi connectivity index (χ2v) is 6.01. The number of primary amides is 1. The minimum atomic E-state index is -0.544. The number of hydrogen-bond acceptors (Lipinski definition) is 4. The molecule has 1 aromatic heterocycles. The first-order valence-corrected chi connectivity index (χ1v) is 8.51. The number of carbonyl (C=O) groups is 3. The normalized spacial score (nSPS) is 10.1. The van der Waals surface area contributed by atoms with Gasteiger partial charge in [0.25, 0.3) is 11.8 Å². The maximum absolute atomic E-state index is 12.2. The zero-order chi connectivity index (χ0) is 19.9. The van der Waals surface area contributed by atoms with Crippen molar-refractivity contribution in [2.45, 2.75) is 6.54 Å². The molecule has 0 aliphatic rings. The van der Waals surface area contributed by atoms with Crippen LogP contribution >= 0.6 is 0 Å². The average Bonchev–Trinajstić information content (AvgIpc) is 2.73. The summed E-state index contributed by atoms with van der Waals surface area (Å²) in [6.07, 6.45) is 3.10. The number of rotatable bonds is 6. The molecule has 3 rings (SSSR count). The van der Waals surface area contributed by atoms with Crippen LogP contribution in [0.5, 0.6) is 0 Å². The number of amides is 3. The second-order valence-electron chi connectivity index (χ2n) is 6.01. The molecule has 140 valence electrons. The Morgan fingerprint density at radius 3 is 2.14 bits per heavy atom. The molecule has 3 amide bonds. The molecule has 7 nitrogen and oxygen atoms in total. The van der Waals surface area contributed by atoms with Crippen molar-refractivity contribution in [3.63, 3.8) is 0 Å². The molecule has 0 saturated carbocycles. The molecule has 7 heteroatoms. The molecule has 4 N–H and O–H groups in total. The predicted molar refractivity (Wildman–Crippen MR) is 105 cm³/mol. The number of benzene rings is 2. The SMILES string of the molecule is NC(=O)c1ccc(C(=O)NCc2cccc(NC(=O)c3ccncc3)c2)cc1. The van der Waals surface area contributed by atoms with Crippen molar-refractivity contribution < 1.29 is 14.4 Å². The highest BCUT2D eigenvalue weighted by Crippen LogP contribution is 2.13. The molecule has 0 unspecified atom stereocenters. The van der Waals surface area contributed by atoms with E-state index in [1.54, 1.807) is 54.9 Å². The Hall–Kier alpha value is -4.00. The van der Waals surface area contributed by atoms with Crippen LogP contribution in [-0.2, 0) is 6.54 Å². The van der Waals surface area contributed by atoms with Crippen molar-refractivity contribution in [1.29, 1.82) is 0 Å². The van der Waals surface area contributed by atoms with E-state index in [2.05, 4.69) is 15.6 Å². The number of anilines is 1. The second kappa shape index (κ2) is 8.59. The van der Waals surface area contributed by atoms with Crippen LogP contribution in [0.15, 0.2) is 73.1 Å². The molecular formula is C21H18N4O3. The van der Waals surface area contributed by atoms with Gasteiger partial charge in [-0.1, -0.05) is 12.1 Å². The van der Waals surface area contributed by atoms with Gasteiger partial charge in [-0.15, -0.1) is 0 Å². The van der Waals surface area contributed by atoms with Gasteiger partial charge in [0.05, 0.1) is 0 Å². The van der Waals surface area contributed by atoms with E-state index in [4.69, 9.17) is 5.73 Å². The molecule has 0 bridgehead atoms. The highest BCUT2D eigenvalue weighted by molar-refractivity contribution is 6.04. The van der Waals surface area contributed by atoms with Crippen molar-refractivity contribution in [3.8, 4) is 0 Å². The van der Waals surface area contributed by atoms with Gasteiger partial charge in [-0.3, -0.25) is 19.4 Å². The Labute approximate surface area is 161 Å². The van der Waals surface area contributed by atoms with Crippen LogP contribution in [0.25, 0.3) is 0 Å². The molecule has 0 radical (unpaired) electrons. The van der Waals surface area contributed by atoms with E-state index >= 15 is 0 Å². The maximum atomic E-state index is 12.2. The molecule has 1 heterocycles. The minimum absolute atomic E-state index is 0.238. The van der Waals surface area contributed by atoms with Crippen molar-refractivity contribution in [2.75, 3.05) is 5.32 Å². The number of hydrogen-bond donors (Lipinski definition) is 3. The first kappa shape index (κ1) is 18.8. The monoisotopic (exact) mass is 374 g/mol. The number of aromatic nitrogens is 1. The van der Waals surface area contributed by atoms with E-state index in [-0.39, 0.29) is 18.4 Å². The van der Waals surface area contributed by atoms with Gasteiger partial charge in [-0.25, -0.2) is 0 Å². The highest BCUT2D eigenvalue weighted by atomic mass is 16.2. The summed E-state index contributed by atoms with van der Waals surface area (Å²) in [6.45, 7) is 0.287. The quantitative estimate of drug-likeness (QED) is 0.614. The number of carbonyl (C=O) groups excluding carboxylic acids is 3. The molecule has 28 heavy (non-hydrogen) atoms. The summed E-state index contributed by atoms with van der Waals surface area (Å²) < 4.78 is 0. The summed E-state index contributed by atoms with van der Waals surface area (Å²) >= 11 is 0. The predicted octanol–water partition coefficient (Wildman–Crippen LogP) is 2.36. The van der Waals surface area contributed by atoms with E-state index in [1.165, 1.54) is 12.1 Å². The van der Waals surface area contributed by atoms with Gasteiger partial charge >= 0.3 is 0 Å². The largest absolute Gasteiger partial charge is 0.366 e. The first-order valence-electron chi connectivity index (χ1n) is 8.51. The summed E-state index contributed by atoms with van der Waals surface area (Å²) in [6, 6.07) is 16.6. The van der Waals surface area contributed by atoms with E-state index in [0.29, 0.717) is 22.4 Å². The van der Waals surface area contributed by atoms with Crippen molar-refractivity contribution >= 4 is 23.4 Å². The van der Waals surface area contributed by atoms with Crippen LogP contribution in [0.1, 0.15) is 36.6 Å². The van der Waals surface area contributed by atoms with Gasteiger partial charge in [-0.2, -0.15) is 0 Å². The fourth-order valence-electron chi connectivity index (χ4n) is 2.54. The van der Waals surface area contributed by atoms with E-state index in [1.807, 2.05) is 6.07 Å². The number of nitrogens with one attached hydrogen (secondary N) is 2. The van der Waals surface area contributed by atoms with E-state index < -0.39 is 5.91 Å². The number of nitrogens with zero attached hydrogens (tertiary/aromatic N) is 1.